The molecule has 2 heterocycles. The summed E-state index contributed by atoms with van der Waals surface area (Å²) in [7, 11) is 0. The van der Waals surface area contributed by atoms with Crippen molar-refractivity contribution >= 4 is 21.9 Å². The highest BCUT2D eigenvalue weighted by Gasteiger charge is 2.65. The number of rotatable bonds is 6. The molecule has 1 aromatic heterocycles. The molecule has 0 aliphatic carbocycles. The highest BCUT2D eigenvalue weighted by molar-refractivity contribution is 9.10. The molecule has 34 heavy (non-hydrogen) atoms. The summed E-state index contributed by atoms with van der Waals surface area (Å²) in [5.74, 6) is 0.0824. The number of halogens is 5. The van der Waals surface area contributed by atoms with Crippen molar-refractivity contribution in [3.8, 4) is 16.9 Å². The molecule has 1 N–H and O–H groups in total. The zero-order valence-corrected chi connectivity index (χ0v) is 19.0. The van der Waals surface area contributed by atoms with Crippen LogP contribution in [0.1, 0.15) is 11.1 Å². The van der Waals surface area contributed by atoms with Gasteiger partial charge in [0.15, 0.2) is 0 Å². The van der Waals surface area contributed by atoms with Crippen LogP contribution in [0.15, 0.2) is 93.7 Å². The lowest BCUT2D eigenvalue weighted by atomic mass is 10.0. The van der Waals surface area contributed by atoms with Gasteiger partial charge in [-0.15, -0.1) is 10.2 Å². The van der Waals surface area contributed by atoms with Crippen molar-refractivity contribution in [2.45, 2.75) is 18.4 Å². The van der Waals surface area contributed by atoms with Crippen LogP contribution in [0, 0.1) is 5.82 Å². The lowest BCUT2D eigenvalue weighted by Crippen LogP contribution is -2.30. The minimum atomic E-state index is -4.56. The van der Waals surface area contributed by atoms with Gasteiger partial charge in [-0.3, -0.25) is 4.57 Å². The SMILES string of the molecule is Fc1cccc(-n2cc(-c3ccc(Br)cc3)nc2NCc2ccc(C3(C(F)(F)F)N=N3)cc2)c1. The maximum atomic E-state index is 13.9. The summed E-state index contributed by atoms with van der Waals surface area (Å²) in [5.41, 5.74) is 0.409. The van der Waals surface area contributed by atoms with Gasteiger partial charge in [-0.05, 0) is 35.9 Å². The van der Waals surface area contributed by atoms with E-state index in [2.05, 4.69) is 36.5 Å². The van der Waals surface area contributed by atoms with Crippen LogP contribution in [0.5, 0.6) is 0 Å². The monoisotopic (exact) mass is 529 g/mol. The lowest BCUT2D eigenvalue weighted by Gasteiger charge is -2.15. The maximum Gasteiger partial charge on any atom is 0.442 e. The Balaban J connectivity index is 1.41. The Kier molecular flexibility index (Phi) is 5.47. The summed E-state index contributed by atoms with van der Waals surface area (Å²) >= 11 is 3.41. The van der Waals surface area contributed by atoms with Gasteiger partial charge >= 0.3 is 11.8 Å². The van der Waals surface area contributed by atoms with Crippen LogP contribution in [0.2, 0.25) is 0 Å². The van der Waals surface area contributed by atoms with Gasteiger partial charge in [0.05, 0.1) is 11.4 Å². The predicted molar refractivity (Wildman–Crippen MR) is 123 cm³/mol. The topological polar surface area (TPSA) is 54.6 Å². The second-order valence-electron chi connectivity index (χ2n) is 7.73. The van der Waals surface area contributed by atoms with Gasteiger partial charge in [0.2, 0.25) is 5.95 Å². The van der Waals surface area contributed by atoms with Crippen molar-refractivity contribution in [2.75, 3.05) is 5.32 Å². The fourth-order valence-corrected chi connectivity index (χ4v) is 3.83. The highest BCUT2D eigenvalue weighted by Crippen LogP contribution is 2.52. The van der Waals surface area contributed by atoms with Crippen molar-refractivity contribution in [1.82, 2.24) is 9.55 Å². The summed E-state index contributed by atoms with van der Waals surface area (Å²) < 4.78 is 56.2. The normalized spacial score (nSPS) is 14.3. The molecule has 0 saturated carbocycles. The van der Waals surface area contributed by atoms with E-state index in [1.54, 1.807) is 35.0 Å². The largest absolute Gasteiger partial charge is 0.442 e. The first-order chi connectivity index (χ1) is 16.2. The summed E-state index contributed by atoms with van der Waals surface area (Å²) in [6.45, 7) is 0.291. The van der Waals surface area contributed by atoms with Crippen LogP contribution in [-0.2, 0) is 12.2 Å². The number of hydrogen-bond acceptors (Lipinski definition) is 4. The van der Waals surface area contributed by atoms with E-state index >= 15 is 0 Å². The van der Waals surface area contributed by atoms with Crippen molar-refractivity contribution < 1.29 is 17.6 Å². The van der Waals surface area contributed by atoms with Gasteiger partial charge in [0.25, 0.3) is 0 Å². The number of imidazole rings is 1. The summed E-state index contributed by atoms with van der Waals surface area (Å²) in [6, 6.07) is 19.7. The van der Waals surface area contributed by atoms with E-state index in [-0.39, 0.29) is 11.4 Å². The first-order valence-electron chi connectivity index (χ1n) is 10.2. The Bertz CT molecular complexity index is 1360. The van der Waals surface area contributed by atoms with Crippen LogP contribution in [0.25, 0.3) is 16.9 Å². The number of aromatic nitrogens is 2. The third-order valence-electron chi connectivity index (χ3n) is 5.43. The van der Waals surface area contributed by atoms with E-state index in [4.69, 9.17) is 0 Å². The molecular formula is C24H16BrF4N5. The zero-order valence-electron chi connectivity index (χ0n) is 17.4. The summed E-state index contributed by atoms with van der Waals surface area (Å²) in [5, 5.41) is 9.65. The number of hydrogen-bond donors (Lipinski definition) is 1. The van der Waals surface area contributed by atoms with Gasteiger partial charge in [0.1, 0.15) is 5.82 Å². The van der Waals surface area contributed by atoms with Crippen molar-refractivity contribution in [3.05, 3.63) is 100 Å². The first kappa shape index (κ1) is 22.3. The quantitative estimate of drug-likeness (QED) is 0.268. The molecule has 5 nitrogen and oxygen atoms in total. The van der Waals surface area contributed by atoms with Crippen molar-refractivity contribution in [2.24, 2.45) is 10.2 Å². The molecule has 0 atom stereocenters. The molecule has 0 amide bonds. The number of alkyl halides is 3. The molecule has 0 radical (unpaired) electrons. The third kappa shape index (κ3) is 4.21. The van der Waals surface area contributed by atoms with Gasteiger partial charge in [-0.25, -0.2) is 9.37 Å². The Hall–Kier alpha value is -3.53. The third-order valence-corrected chi connectivity index (χ3v) is 5.96. The molecule has 4 aromatic rings. The second kappa shape index (κ2) is 8.35. The average Bonchev–Trinajstić information content (AvgIpc) is 3.53. The number of benzene rings is 3. The van der Waals surface area contributed by atoms with Gasteiger partial charge < -0.3 is 5.32 Å². The fraction of sp³-hybridized carbons (Fsp3) is 0.125. The van der Waals surface area contributed by atoms with E-state index in [1.807, 2.05) is 24.3 Å². The number of nitrogens with one attached hydrogen (secondary N) is 1. The van der Waals surface area contributed by atoms with Crippen molar-refractivity contribution in [1.29, 1.82) is 0 Å². The molecule has 0 bridgehead atoms. The molecule has 0 unspecified atom stereocenters. The molecule has 10 heteroatoms. The van der Waals surface area contributed by atoms with Gasteiger partial charge in [-0.1, -0.05) is 58.4 Å². The van der Waals surface area contributed by atoms with E-state index in [9.17, 15) is 17.6 Å². The molecule has 0 saturated heterocycles. The number of anilines is 1. The van der Waals surface area contributed by atoms with Crippen LogP contribution in [0.3, 0.4) is 0 Å². The fourth-order valence-electron chi connectivity index (χ4n) is 3.57. The van der Waals surface area contributed by atoms with Crippen LogP contribution in [-0.4, -0.2) is 15.7 Å². The minimum absolute atomic E-state index is 0.0254. The summed E-state index contributed by atoms with van der Waals surface area (Å²) in [6.07, 6.45) is -2.77. The Morgan fingerprint density at radius 3 is 2.26 bits per heavy atom. The molecule has 0 fully saturated rings. The second-order valence-corrected chi connectivity index (χ2v) is 8.64. The molecule has 5 rings (SSSR count). The van der Waals surface area contributed by atoms with Crippen LogP contribution in [0.4, 0.5) is 23.5 Å². The van der Waals surface area contributed by atoms with Crippen LogP contribution < -0.4 is 5.32 Å². The molecule has 3 aromatic carbocycles. The molecule has 1 aliphatic rings. The van der Waals surface area contributed by atoms with E-state index in [0.29, 0.717) is 23.9 Å². The summed E-state index contributed by atoms with van der Waals surface area (Å²) in [4.78, 5) is 4.67. The first-order valence-corrected chi connectivity index (χ1v) is 11.0. The molecule has 0 spiro atoms. The lowest BCUT2D eigenvalue weighted by molar-refractivity contribution is -0.166. The average molecular weight is 530 g/mol. The van der Waals surface area contributed by atoms with Crippen LogP contribution >= 0.6 is 15.9 Å². The Morgan fingerprint density at radius 2 is 1.65 bits per heavy atom. The van der Waals surface area contributed by atoms with Crippen molar-refractivity contribution in [3.63, 3.8) is 0 Å². The standard InChI is InChI=1S/C24H16BrF4N5/c25-18-10-6-16(7-11-18)21-14-34(20-3-1-2-19(26)12-20)22(31-21)30-13-15-4-8-17(9-5-15)23(32-33-23)24(27,28)29/h1-12,14H,13H2,(H,30,31). The predicted octanol–water partition coefficient (Wildman–Crippen LogP) is 7.23. The zero-order chi connectivity index (χ0) is 23.9. The number of nitrogens with zero attached hydrogens (tertiary/aromatic N) is 4. The Labute approximate surface area is 200 Å². The maximum absolute atomic E-state index is 13.9. The van der Waals surface area contributed by atoms with E-state index in [1.165, 1.54) is 24.3 Å². The van der Waals surface area contributed by atoms with Gasteiger partial charge in [0, 0.05) is 28.3 Å². The molecule has 172 valence electrons. The highest BCUT2D eigenvalue weighted by atomic mass is 79.9. The van der Waals surface area contributed by atoms with E-state index < -0.39 is 11.8 Å². The molecule has 1 aliphatic heterocycles. The molecular weight excluding hydrogens is 514 g/mol. The van der Waals surface area contributed by atoms with Gasteiger partial charge in [-0.2, -0.15) is 13.2 Å². The minimum Gasteiger partial charge on any atom is -0.351 e. The Morgan fingerprint density at radius 1 is 0.941 bits per heavy atom. The van der Waals surface area contributed by atoms with E-state index in [0.717, 1.165) is 15.6 Å². The smallest absolute Gasteiger partial charge is 0.351 e.